The molecule has 1 aliphatic rings. The van der Waals surface area contributed by atoms with E-state index < -0.39 is 0 Å². The molecule has 0 aliphatic carbocycles. The van der Waals surface area contributed by atoms with Gasteiger partial charge in [-0.1, -0.05) is 0 Å². The van der Waals surface area contributed by atoms with Crippen LogP contribution in [0.2, 0.25) is 0 Å². The van der Waals surface area contributed by atoms with Crippen LogP contribution in [0.5, 0.6) is 0 Å². The number of aliphatic hydroxyl groups excluding tert-OH is 1. The van der Waals surface area contributed by atoms with Crippen molar-refractivity contribution in [3.05, 3.63) is 28.5 Å². The van der Waals surface area contributed by atoms with Gasteiger partial charge in [0.05, 0.1) is 24.5 Å². The minimum atomic E-state index is -0.0748. The second-order valence-corrected chi connectivity index (χ2v) is 5.33. The van der Waals surface area contributed by atoms with Gasteiger partial charge in [0.25, 0.3) is 0 Å². The summed E-state index contributed by atoms with van der Waals surface area (Å²) in [6.45, 7) is 4.56. The zero-order valence-electron chi connectivity index (χ0n) is 9.84. The molecule has 5 heteroatoms. The number of hydrogen-bond acceptors (Lipinski definition) is 4. The summed E-state index contributed by atoms with van der Waals surface area (Å²) in [5.74, 6) is 0. The predicted octanol–water partition coefficient (Wildman–Crippen LogP) is 1.43. The van der Waals surface area contributed by atoms with Crippen LogP contribution >= 0.6 is 15.9 Å². The third-order valence-corrected chi connectivity index (χ3v) is 3.25. The van der Waals surface area contributed by atoms with Gasteiger partial charge in [0, 0.05) is 30.3 Å². The van der Waals surface area contributed by atoms with Crippen LogP contribution in [0.1, 0.15) is 12.6 Å². The van der Waals surface area contributed by atoms with Gasteiger partial charge in [0.1, 0.15) is 0 Å². The Hall–Kier alpha value is -0.490. The summed E-state index contributed by atoms with van der Waals surface area (Å²) in [5.41, 5.74) is 1.04. The molecule has 1 N–H and O–H groups in total. The second-order valence-electron chi connectivity index (χ2n) is 4.41. The van der Waals surface area contributed by atoms with Crippen molar-refractivity contribution in [2.24, 2.45) is 0 Å². The maximum atomic E-state index is 9.16. The van der Waals surface area contributed by atoms with E-state index in [1.807, 2.05) is 25.3 Å². The average Bonchev–Trinajstić information content (AvgIpc) is 2.31. The number of hydrogen-bond donors (Lipinski definition) is 1. The van der Waals surface area contributed by atoms with E-state index in [-0.39, 0.29) is 18.8 Å². The maximum absolute atomic E-state index is 9.16. The highest BCUT2D eigenvalue weighted by atomic mass is 79.9. The molecule has 1 aliphatic heterocycles. The largest absolute Gasteiger partial charge is 0.394 e. The molecule has 2 unspecified atom stereocenters. The smallest absolute Gasteiger partial charge is 0.0936 e. The maximum Gasteiger partial charge on any atom is 0.0936 e. The molecule has 1 aromatic heterocycles. The van der Waals surface area contributed by atoms with Gasteiger partial charge in [-0.2, -0.15) is 0 Å². The van der Waals surface area contributed by atoms with Gasteiger partial charge in [-0.15, -0.1) is 0 Å². The normalized spacial score (nSPS) is 26.1. The average molecular weight is 301 g/mol. The first-order chi connectivity index (χ1) is 8.17. The molecule has 0 radical (unpaired) electrons. The van der Waals surface area contributed by atoms with Crippen LogP contribution in [0.4, 0.5) is 0 Å². The lowest BCUT2D eigenvalue weighted by molar-refractivity contribution is -0.0974. The van der Waals surface area contributed by atoms with Gasteiger partial charge in [-0.3, -0.25) is 9.88 Å². The van der Waals surface area contributed by atoms with Crippen molar-refractivity contribution < 1.29 is 9.84 Å². The molecular formula is C12H17BrN2O2. The molecule has 0 bridgehead atoms. The molecule has 4 nitrogen and oxygen atoms in total. The lowest BCUT2D eigenvalue weighted by atomic mass is 10.2. The van der Waals surface area contributed by atoms with Gasteiger partial charge in [-0.05, 0) is 35.0 Å². The van der Waals surface area contributed by atoms with Gasteiger partial charge >= 0.3 is 0 Å². The molecule has 1 saturated heterocycles. The lowest BCUT2D eigenvalue weighted by Crippen LogP contribution is -2.47. The lowest BCUT2D eigenvalue weighted by Gasteiger charge is -2.35. The van der Waals surface area contributed by atoms with E-state index in [1.54, 1.807) is 0 Å². The fourth-order valence-electron chi connectivity index (χ4n) is 2.10. The van der Waals surface area contributed by atoms with Gasteiger partial charge in [0.15, 0.2) is 0 Å². The number of aliphatic hydroxyl groups is 1. The van der Waals surface area contributed by atoms with Gasteiger partial charge in [0.2, 0.25) is 0 Å². The van der Waals surface area contributed by atoms with E-state index in [0.717, 1.165) is 29.8 Å². The van der Waals surface area contributed by atoms with Crippen molar-refractivity contribution >= 4 is 15.9 Å². The first kappa shape index (κ1) is 13.0. The van der Waals surface area contributed by atoms with Gasteiger partial charge in [-0.25, -0.2) is 0 Å². The Morgan fingerprint density at radius 3 is 3.00 bits per heavy atom. The number of halogens is 1. The van der Waals surface area contributed by atoms with Crippen LogP contribution < -0.4 is 0 Å². The Labute approximate surface area is 110 Å². The van der Waals surface area contributed by atoms with E-state index in [0.29, 0.717) is 0 Å². The Morgan fingerprint density at radius 2 is 2.35 bits per heavy atom. The molecule has 1 aromatic rings. The first-order valence-corrected chi connectivity index (χ1v) is 6.56. The molecule has 2 atom stereocenters. The number of morpholine rings is 1. The first-order valence-electron chi connectivity index (χ1n) is 5.76. The zero-order valence-corrected chi connectivity index (χ0v) is 11.4. The number of ether oxygens (including phenoxy) is 1. The van der Waals surface area contributed by atoms with Crippen LogP contribution in [0, 0.1) is 0 Å². The molecular weight excluding hydrogens is 284 g/mol. The molecule has 0 spiro atoms. The van der Waals surface area contributed by atoms with E-state index in [9.17, 15) is 0 Å². The van der Waals surface area contributed by atoms with Crippen LogP contribution in [0.15, 0.2) is 22.8 Å². The third kappa shape index (κ3) is 3.74. The molecule has 0 amide bonds. The van der Waals surface area contributed by atoms with Crippen molar-refractivity contribution in [2.75, 3.05) is 19.7 Å². The standard InChI is InChI=1S/C12H17BrN2O2/c1-9-5-15(7-12(8-16)17-9)6-11-3-2-10(13)4-14-11/h2-4,9,12,16H,5-8H2,1H3. The Morgan fingerprint density at radius 1 is 1.53 bits per heavy atom. The molecule has 2 heterocycles. The van der Waals surface area contributed by atoms with Crippen LogP contribution in [-0.4, -0.2) is 46.9 Å². The van der Waals surface area contributed by atoms with Crippen LogP contribution in [0.3, 0.4) is 0 Å². The fraction of sp³-hybridized carbons (Fsp3) is 0.583. The predicted molar refractivity (Wildman–Crippen MR) is 68.6 cm³/mol. The summed E-state index contributed by atoms with van der Waals surface area (Å²) >= 11 is 3.37. The van der Waals surface area contributed by atoms with Crippen molar-refractivity contribution in [3.8, 4) is 0 Å². The summed E-state index contributed by atoms with van der Waals surface area (Å²) in [7, 11) is 0. The summed E-state index contributed by atoms with van der Waals surface area (Å²) in [6.07, 6.45) is 1.90. The second kappa shape index (κ2) is 5.91. The quantitative estimate of drug-likeness (QED) is 0.917. The molecule has 94 valence electrons. The highest BCUT2D eigenvalue weighted by Crippen LogP contribution is 2.14. The fourth-order valence-corrected chi connectivity index (χ4v) is 2.33. The molecule has 2 rings (SSSR count). The highest BCUT2D eigenvalue weighted by molar-refractivity contribution is 9.10. The van der Waals surface area contributed by atoms with Crippen molar-refractivity contribution in [1.29, 1.82) is 0 Å². The van der Waals surface area contributed by atoms with Crippen LogP contribution in [0.25, 0.3) is 0 Å². The molecule has 0 saturated carbocycles. The summed E-state index contributed by atoms with van der Waals surface area (Å²) in [4.78, 5) is 6.63. The topological polar surface area (TPSA) is 45.6 Å². The number of aromatic nitrogens is 1. The Kier molecular flexibility index (Phi) is 4.50. The third-order valence-electron chi connectivity index (χ3n) is 2.78. The Balaban J connectivity index is 1.95. The number of pyridine rings is 1. The van der Waals surface area contributed by atoms with Crippen molar-refractivity contribution in [1.82, 2.24) is 9.88 Å². The van der Waals surface area contributed by atoms with E-state index in [1.165, 1.54) is 0 Å². The van der Waals surface area contributed by atoms with E-state index >= 15 is 0 Å². The highest BCUT2D eigenvalue weighted by Gasteiger charge is 2.24. The number of rotatable bonds is 3. The summed E-state index contributed by atoms with van der Waals surface area (Å²) in [6, 6.07) is 4.01. The minimum absolute atomic E-state index is 0.0748. The van der Waals surface area contributed by atoms with Crippen molar-refractivity contribution in [2.45, 2.75) is 25.7 Å². The Bertz CT molecular complexity index is 358. The molecule has 1 fully saturated rings. The summed E-state index contributed by atoms with van der Waals surface area (Å²) in [5, 5.41) is 9.16. The number of nitrogens with zero attached hydrogens (tertiary/aromatic N) is 2. The summed E-state index contributed by atoms with van der Waals surface area (Å²) < 4.78 is 6.59. The SMILES string of the molecule is CC1CN(Cc2ccc(Br)cn2)CC(CO)O1. The van der Waals surface area contributed by atoms with Crippen molar-refractivity contribution in [3.63, 3.8) is 0 Å². The zero-order chi connectivity index (χ0) is 12.3. The van der Waals surface area contributed by atoms with E-state index in [4.69, 9.17) is 9.84 Å². The minimum Gasteiger partial charge on any atom is -0.394 e. The van der Waals surface area contributed by atoms with Crippen LogP contribution in [-0.2, 0) is 11.3 Å². The van der Waals surface area contributed by atoms with Gasteiger partial charge < -0.3 is 9.84 Å². The monoisotopic (exact) mass is 300 g/mol. The van der Waals surface area contributed by atoms with E-state index in [2.05, 4.69) is 25.8 Å². The molecule has 17 heavy (non-hydrogen) atoms. The molecule has 0 aromatic carbocycles.